The highest BCUT2D eigenvalue weighted by atomic mass is 32.1. The van der Waals surface area contributed by atoms with Crippen molar-refractivity contribution in [2.75, 3.05) is 5.32 Å². The Morgan fingerprint density at radius 3 is 2.32 bits per heavy atom. The Morgan fingerprint density at radius 2 is 1.68 bits per heavy atom. The molecule has 0 spiro atoms. The molecule has 1 N–H and O–H groups in total. The number of benzene rings is 2. The van der Waals surface area contributed by atoms with Crippen LogP contribution in [0.25, 0.3) is 11.3 Å². The van der Waals surface area contributed by atoms with E-state index in [2.05, 4.69) is 24.1 Å². The van der Waals surface area contributed by atoms with Gasteiger partial charge in [0.2, 0.25) is 0 Å². The summed E-state index contributed by atoms with van der Waals surface area (Å²) in [4.78, 5) is 29.0. The lowest BCUT2D eigenvalue weighted by atomic mass is 10.0. The highest BCUT2D eigenvalue weighted by molar-refractivity contribution is 7.14. The molecule has 144 valence electrons. The minimum atomic E-state index is -0.929. The molecule has 5 nitrogen and oxygen atoms in total. The quantitative estimate of drug-likeness (QED) is 0.589. The smallest absolute Gasteiger partial charge is 0.338 e. The van der Waals surface area contributed by atoms with Crippen LogP contribution in [0.4, 0.5) is 5.13 Å². The Morgan fingerprint density at radius 1 is 1.00 bits per heavy atom. The number of aromatic nitrogens is 1. The molecule has 3 aromatic rings. The Hall–Kier alpha value is -2.99. The number of nitrogens with one attached hydrogen (secondary N) is 1. The van der Waals surface area contributed by atoms with E-state index in [4.69, 9.17) is 4.74 Å². The highest BCUT2D eigenvalue weighted by Crippen LogP contribution is 2.24. The van der Waals surface area contributed by atoms with Gasteiger partial charge in [-0.25, -0.2) is 9.78 Å². The fourth-order valence-electron chi connectivity index (χ4n) is 2.57. The predicted octanol–water partition coefficient (Wildman–Crippen LogP) is 5.12. The van der Waals surface area contributed by atoms with E-state index >= 15 is 0 Å². The van der Waals surface area contributed by atoms with Crippen molar-refractivity contribution in [1.82, 2.24) is 4.98 Å². The van der Waals surface area contributed by atoms with Gasteiger partial charge in [0.25, 0.3) is 5.91 Å². The molecule has 3 rings (SSSR count). The van der Waals surface area contributed by atoms with Crippen LogP contribution in [0.15, 0.2) is 60.0 Å². The summed E-state index contributed by atoms with van der Waals surface area (Å²) in [6.07, 6.45) is -0.929. The number of amides is 1. The topological polar surface area (TPSA) is 68.3 Å². The third kappa shape index (κ3) is 4.84. The Balaban J connectivity index is 1.58. The lowest BCUT2D eigenvalue weighted by molar-refractivity contribution is -0.123. The average Bonchev–Trinajstić information content (AvgIpc) is 3.17. The van der Waals surface area contributed by atoms with Crippen LogP contribution in [0, 0.1) is 0 Å². The van der Waals surface area contributed by atoms with E-state index in [0.29, 0.717) is 16.6 Å². The van der Waals surface area contributed by atoms with Crippen LogP contribution in [-0.2, 0) is 9.53 Å². The molecule has 1 aromatic heterocycles. The molecule has 1 heterocycles. The van der Waals surface area contributed by atoms with Gasteiger partial charge >= 0.3 is 5.97 Å². The number of hydrogen-bond donors (Lipinski definition) is 1. The highest BCUT2D eigenvalue weighted by Gasteiger charge is 2.20. The van der Waals surface area contributed by atoms with Crippen molar-refractivity contribution in [1.29, 1.82) is 0 Å². The van der Waals surface area contributed by atoms with Crippen LogP contribution >= 0.6 is 11.3 Å². The van der Waals surface area contributed by atoms with Gasteiger partial charge in [0.15, 0.2) is 11.2 Å². The zero-order valence-corrected chi connectivity index (χ0v) is 16.8. The summed E-state index contributed by atoms with van der Waals surface area (Å²) in [7, 11) is 0. The molecular formula is C22H22N2O3S. The maximum atomic E-state index is 12.3. The minimum absolute atomic E-state index is 0.383. The molecule has 6 heteroatoms. The number of ether oxygens (including phenoxy) is 1. The fourth-order valence-corrected chi connectivity index (χ4v) is 3.29. The van der Waals surface area contributed by atoms with E-state index in [1.165, 1.54) is 11.3 Å². The lowest BCUT2D eigenvalue weighted by Gasteiger charge is -2.13. The predicted molar refractivity (Wildman–Crippen MR) is 112 cm³/mol. The van der Waals surface area contributed by atoms with Gasteiger partial charge in [-0.1, -0.05) is 56.3 Å². The molecule has 0 saturated carbocycles. The summed E-state index contributed by atoms with van der Waals surface area (Å²) in [5, 5.41) is 5.04. The number of thiazole rings is 1. The molecule has 0 aliphatic heterocycles. The molecule has 1 atom stereocenters. The number of carbonyl (C=O) groups excluding carboxylic acids is 2. The van der Waals surface area contributed by atoms with Crippen LogP contribution in [0.5, 0.6) is 0 Å². The molecule has 2 aromatic carbocycles. The molecule has 0 saturated heterocycles. The zero-order valence-electron chi connectivity index (χ0n) is 16.0. The molecule has 0 aliphatic carbocycles. The molecule has 0 bridgehead atoms. The summed E-state index contributed by atoms with van der Waals surface area (Å²) in [5.74, 6) is -0.558. The number of carbonyl (C=O) groups is 2. The average molecular weight is 394 g/mol. The maximum Gasteiger partial charge on any atom is 0.338 e. The van der Waals surface area contributed by atoms with Gasteiger partial charge in [0.1, 0.15) is 0 Å². The normalized spacial score (nSPS) is 11.9. The van der Waals surface area contributed by atoms with Crippen molar-refractivity contribution >= 4 is 28.3 Å². The monoisotopic (exact) mass is 394 g/mol. The summed E-state index contributed by atoms with van der Waals surface area (Å²) >= 11 is 1.33. The second-order valence-corrected chi connectivity index (χ2v) is 7.58. The first kappa shape index (κ1) is 19.8. The number of anilines is 1. The Bertz CT molecular complexity index is 949. The van der Waals surface area contributed by atoms with Crippen molar-refractivity contribution in [3.05, 3.63) is 71.1 Å². The van der Waals surface area contributed by atoms with Crippen LogP contribution in [0.1, 0.15) is 42.6 Å². The third-order valence-corrected chi connectivity index (χ3v) is 5.03. The first-order valence-electron chi connectivity index (χ1n) is 9.07. The van der Waals surface area contributed by atoms with Crippen molar-refractivity contribution in [2.24, 2.45) is 0 Å². The number of rotatable bonds is 6. The first-order valence-corrected chi connectivity index (χ1v) is 9.94. The van der Waals surface area contributed by atoms with Gasteiger partial charge in [-0.3, -0.25) is 10.1 Å². The molecular weight excluding hydrogens is 372 g/mol. The van der Waals surface area contributed by atoms with Gasteiger partial charge in [-0.05, 0) is 30.5 Å². The third-order valence-electron chi connectivity index (χ3n) is 4.27. The van der Waals surface area contributed by atoms with E-state index in [1.807, 2.05) is 47.8 Å². The zero-order chi connectivity index (χ0) is 20.1. The van der Waals surface area contributed by atoms with Crippen molar-refractivity contribution in [2.45, 2.75) is 32.8 Å². The van der Waals surface area contributed by atoms with Crippen molar-refractivity contribution in [3.63, 3.8) is 0 Å². The number of esters is 1. The van der Waals surface area contributed by atoms with Crippen molar-refractivity contribution in [3.8, 4) is 11.3 Å². The van der Waals surface area contributed by atoms with E-state index < -0.39 is 18.0 Å². The van der Waals surface area contributed by atoms with Gasteiger partial charge in [-0.15, -0.1) is 11.3 Å². The molecule has 1 unspecified atom stereocenters. The maximum absolute atomic E-state index is 12.3. The van der Waals surface area contributed by atoms with E-state index in [1.54, 1.807) is 19.1 Å². The second kappa shape index (κ2) is 8.80. The van der Waals surface area contributed by atoms with Crippen LogP contribution < -0.4 is 5.32 Å². The first-order chi connectivity index (χ1) is 13.4. The molecule has 28 heavy (non-hydrogen) atoms. The number of hydrogen-bond acceptors (Lipinski definition) is 5. The minimum Gasteiger partial charge on any atom is -0.449 e. The summed E-state index contributed by atoms with van der Waals surface area (Å²) in [6.45, 7) is 5.71. The van der Waals surface area contributed by atoms with Crippen LogP contribution in [0.3, 0.4) is 0 Å². The standard InChI is InChI=1S/C22H22N2O3S/c1-14(2)16-9-11-18(12-10-16)21(26)27-15(3)20(25)24-22-23-19(13-28-22)17-7-5-4-6-8-17/h4-15H,1-3H3,(H,23,24,25). The summed E-state index contributed by atoms with van der Waals surface area (Å²) in [5.41, 5.74) is 3.32. The fraction of sp³-hybridized carbons (Fsp3) is 0.227. The largest absolute Gasteiger partial charge is 0.449 e. The SMILES string of the molecule is CC(OC(=O)c1ccc(C(C)C)cc1)C(=O)Nc1nc(-c2ccccc2)cs1. The van der Waals surface area contributed by atoms with Gasteiger partial charge in [0.05, 0.1) is 11.3 Å². The Kier molecular flexibility index (Phi) is 6.21. The van der Waals surface area contributed by atoms with E-state index in [9.17, 15) is 9.59 Å². The van der Waals surface area contributed by atoms with Gasteiger partial charge in [-0.2, -0.15) is 0 Å². The van der Waals surface area contributed by atoms with E-state index in [0.717, 1.165) is 16.8 Å². The molecule has 0 fully saturated rings. The van der Waals surface area contributed by atoms with E-state index in [-0.39, 0.29) is 0 Å². The number of nitrogens with zero attached hydrogens (tertiary/aromatic N) is 1. The summed E-state index contributed by atoms with van der Waals surface area (Å²) in [6, 6.07) is 16.9. The van der Waals surface area contributed by atoms with Crippen LogP contribution in [0.2, 0.25) is 0 Å². The molecule has 1 amide bonds. The van der Waals surface area contributed by atoms with Crippen molar-refractivity contribution < 1.29 is 14.3 Å². The summed E-state index contributed by atoms with van der Waals surface area (Å²) < 4.78 is 5.29. The van der Waals surface area contributed by atoms with Gasteiger partial charge in [0, 0.05) is 10.9 Å². The van der Waals surface area contributed by atoms with Gasteiger partial charge < -0.3 is 4.74 Å². The van der Waals surface area contributed by atoms with Crippen LogP contribution in [-0.4, -0.2) is 23.0 Å². The second-order valence-electron chi connectivity index (χ2n) is 6.72. The Labute approximate surface area is 168 Å². The molecule has 0 aliphatic rings. The molecule has 0 radical (unpaired) electrons. The lowest BCUT2D eigenvalue weighted by Crippen LogP contribution is -2.30.